The summed E-state index contributed by atoms with van der Waals surface area (Å²) in [6.07, 6.45) is -2.68. The van der Waals surface area contributed by atoms with Crippen LogP contribution in [0.5, 0.6) is 0 Å². The Morgan fingerprint density at radius 2 is 2.09 bits per heavy atom. The summed E-state index contributed by atoms with van der Waals surface area (Å²) in [4.78, 5) is 12.1. The molecule has 1 aliphatic carbocycles. The Kier molecular flexibility index (Phi) is 7.41. The lowest BCUT2D eigenvalue weighted by molar-refractivity contribution is -0.185. The van der Waals surface area contributed by atoms with Crippen LogP contribution in [-0.2, 0) is 9.53 Å². The van der Waals surface area contributed by atoms with E-state index >= 15 is 0 Å². The number of hydrogen-bond acceptors (Lipinski definition) is 3. The van der Waals surface area contributed by atoms with Crippen molar-refractivity contribution in [2.75, 3.05) is 19.7 Å². The van der Waals surface area contributed by atoms with Crippen molar-refractivity contribution in [2.45, 2.75) is 50.9 Å². The van der Waals surface area contributed by atoms with E-state index in [1.54, 1.807) is 0 Å². The van der Waals surface area contributed by atoms with E-state index in [0.29, 0.717) is 26.1 Å². The maximum absolute atomic E-state index is 12.7. The molecule has 2 rings (SSSR count). The first-order valence-electron chi connectivity index (χ1n) is 7.57. The first-order valence-corrected chi connectivity index (χ1v) is 7.57. The number of alkyl halides is 3. The van der Waals surface area contributed by atoms with Gasteiger partial charge in [0.1, 0.15) is 6.04 Å². The molecule has 2 fully saturated rings. The Bertz CT molecular complexity index is 368. The van der Waals surface area contributed by atoms with Crippen molar-refractivity contribution in [3.8, 4) is 0 Å². The van der Waals surface area contributed by atoms with Crippen LogP contribution < -0.4 is 10.6 Å². The standard InChI is InChI=1S/C14H23F3N2O2.ClH/c1-9-12(18-5-6-21-9)13(20)19-8-10-3-2-4-11(7-10)14(15,16)17;/h9-12,18H,2-8H2,1H3,(H,19,20);1H/t9-,10?,11?,12+;/m1./s1. The Morgan fingerprint density at radius 1 is 1.36 bits per heavy atom. The van der Waals surface area contributed by atoms with Crippen LogP contribution in [-0.4, -0.2) is 43.9 Å². The average Bonchev–Trinajstić information content (AvgIpc) is 2.45. The van der Waals surface area contributed by atoms with Gasteiger partial charge in [-0.15, -0.1) is 12.4 Å². The van der Waals surface area contributed by atoms with E-state index < -0.39 is 18.1 Å². The fourth-order valence-corrected chi connectivity index (χ4v) is 3.16. The maximum atomic E-state index is 12.7. The van der Waals surface area contributed by atoms with Gasteiger partial charge in [0, 0.05) is 13.1 Å². The molecule has 1 amide bonds. The van der Waals surface area contributed by atoms with Gasteiger partial charge in [-0.2, -0.15) is 13.2 Å². The zero-order chi connectivity index (χ0) is 15.5. The van der Waals surface area contributed by atoms with Gasteiger partial charge in [-0.3, -0.25) is 4.79 Å². The van der Waals surface area contributed by atoms with Gasteiger partial charge in [0.15, 0.2) is 0 Å². The highest BCUT2D eigenvalue weighted by Gasteiger charge is 2.42. The van der Waals surface area contributed by atoms with Crippen molar-refractivity contribution in [3.05, 3.63) is 0 Å². The molecule has 0 aromatic rings. The highest BCUT2D eigenvalue weighted by molar-refractivity contribution is 5.85. The van der Waals surface area contributed by atoms with Crippen molar-refractivity contribution in [1.82, 2.24) is 10.6 Å². The van der Waals surface area contributed by atoms with Crippen molar-refractivity contribution in [1.29, 1.82) is 0 Å². The topological polar surface area (TPSA) is 50.4 Å². The van der Waals surface area contributed by atoms with Crippen molar-refractivity contribution in [2.24, 2.45) is 11.8 Å². The number of halogens is 4. The first-order chi connectivity index (χ1) is 9.88. The van der Waals surface area contributed by atoms with Crippen LogP contribution in [0, 0.1) is 11.8 Å². The van der Waals surface area contributed by atoms with Gasteiger partial charge in [0.2, 0.25) is 5.91 Å². The van der Waals surface area contributed by atoms with E-state index in [1.165, 1.54) is 0 Å². The summed E-state index contributed by atoms with van der Waals surface area (Å²) in [5.74, 6) is -1.49. The molecule has 4 nitrogen and oxygen atoms in total. The number of amides is 1. The Hall–Kier alpha value is -0.530. The molecule has 1 aliphatic heterocycles. The number of hydrogen-bond donors (Lipinski definition) is 2. The third kappa shape index (κ3) is 5.28. The summed E-state index contributed by atoms with van der Waals surface area (Å²) >= 11 is 0. The molecule has 22 heavy (non-hydrogen) atoms. The number of carbonyl (C=O) groups excluding carboxylic acids is 1. The molecule has 2 unspecified atom stereocenters. The second kappa shape index (κ2) is 8.36. The molecule has 8 heteroatoms. The summed E-state index contributed by atoms with van der Waals surface area (Å²) in [5.41, 5.74) is 0. The van der Waals surface area contributed by atoms with Gasteiger partial charge < -0.3 is 15.4 Å². The van der Waals surface area contributed by atoms with E-state index in [-0.39, 0.29) is 43.2 Å². The quantitative estimate of drug-likeness (QED) is 0.825. The highest BCUT2D eigenvalue weighted by Crippen LogP contribution is 2.39. The number of nitrogens with one attached hydrogen (secondary N) is 2. The van der Waals surface area contributed by atoms with Crippen LogP contribution >= 0.6 is 12.4 Å². The fourth-order valence-electron chi connectivity index (χ4n) is 3.16. The molecular formula is C14H24ClF3N2O2. The van der Waals surface area contributed by atoms with Crippen LogP contribution in [0.4, 0.5) is 13.2 Å². The number of ether oxygens (including phenoxy) is 1. The van der Waals surface area contributed by atoms with Gasteiger partial charge in [0.05, 0.1) is 18.6 Å². The minimum atomic E-state index is -4.12. The Balaban J connectivity index is 0.00000242. The third-order valence-corrected chi connectivity index (χ3v) is 4.41. The molecule has 1 heterocycles. The van der Waals surface area contributed by atoms with Crippen LogP contribution in [0.25, 0.3) is 0 Å². The Morgan fingerprint density at radius 3 is 2.73 bits per heavy atom. The smallest absolute Gasteiger partial charge is 0.375 e. The lowest BCUT2D eigenvalue weighted by atomic mass is 9.81. The van der Waals surface area contributed by atoms with Crippen LogP contribution in [0.15, 0.2) is 0 Å². The minimum Gasteiger partial charge on any atom is -0.375 e. The molecule has 130 valence electrons. The summed E-state index contributed by atoms with van der Waals surface area (Å²) in [7, 11) is 0. The van der Waals surface area contributed by atoms with E-state index in [1.807, 2.05) is 6.92 Å². The van der Waals surface area contributed by atoms with Crippen molar-refractivity contribution < 1.29 is 22.7 Å². The van der Waals surface area contributed by atoms with E-state index in [2.05, 4.69) is 10.6 Å². The molecule has 0 radical (unpaired) electrons. The molecule has 1 saturated carbocycles. The lowest BCUT2D eigenvalue weighted by Crippen LogP contribution is -2.56. The average molecular weight is 345 g/mol. The minimum absolute atomic E-state index is 0. The molecule has 2 N–H and O–H groups in total. The molecule has 4 atom stereocenters. The van der Waals surface area contributed by atoms with Gasteiger partial charge >= 0.3 is 6.18 Å². The molecule has 0 spiro atoms. The molecule has 0 bridgehead atoms. The molecule has 0 aromatic heterocycles. The second-order valence-electron chi connectivity index (χ2n) is 6.02. The highest BCUT2D eigenvalue weighted by atomic mass is 35.5. The van der Waals surface area contributed by atoms with Gasteiger partial charge in [-0.25, -0.2) is 0 Å². The van der Waals surface area contributed by atoms with Gasteiger partial charge in [0.25, 0.3) is 0 Å². The summed E-state index contributed by atoms with van der Waals surface area (Å²) in [6, 6.07) is -0.416. The van der Waals surface area contributed by atoms with Gasteiger partial charge in [-0.1, -0.05) is 6.42 Å². The van der Waals surface area contributed by atoms with Crippen LogP contribution in [0.3, 0.4) is 0 Å². The number of rotatable bonds is 3. The van der Waals surface area contributed by atoms with Crippen LogP contribution in [0.2, 0.25) is 0 Å². The predicted octanol–water partition coefficient (Wildman–Crippen LogP) is 2.27. The largest absolute Gasteiger partial charge is 0.391 e. The lowest BCUT2D eigenvalue weighted by Gasteiger charge is -2.32. The van der Waals surface area contributed by atoms with E-state index in [4.69, 9.17) is 4.74 Å². The molecular weight excluding hydrogens is 321 g/mol. The predicted molar refractivity (Wildman–Crippen MR) is 79.0 cm³/mol. The molecule has 1 saturated heterocycles. The Labute approximate surface area is 134 Å². The zero-order valence-corrected chi connectivity index (χ0v) is 13.4. The first kappa shape index (κ1) is 19.5. The molecule has 2 aliphatic rings. The zero-order valence-electron chi connectivity index (χ0n) is 12.6. The van der Waals surface area contributed by atoms with E-state index in [9.17, 15) is 18.0 Å². The summed E-state index contributed by atoms with van der Waals surface area (Å²) < 4.78 is 43.6. The molecule has 0 aromatic carbocycles. The van der Waals surface area contributed by atoms with Crippen molar-refractivity contribution >= 4 is 18.3 Å². The maximum Gasteiger partial charge on any atom is 0.391 e. The fraction of sp³-hybridized carbons (Fsp3) is 0.929. The third-order valence-electron chi connectivity index (χ3n) is 4.41. The number of carbonyl (C=O) groups is 1. The SMILES string of the molecule is C[C@H]1OCCN[C@@H]1C(=O)NCC1CCCC(C(F)(F)F)C1.Cl. The summed E-state index contributed by atoms with van der Waals surface area (Å²) in [6.45, 7) is 3.32. The number of morpholine rings is 1. The normalized spacial score (nSPS) is 32.9. The van der Waals surface area contributed by atoms with Crippen molar-refractivity contribution in [3.63, 3.8) is 0 Å². The summed E-state index contributed by atoms with van der Waals surface area (Å²) in [5, 5.41) is 5.85. The van der Waals surface area contributed by atoms with Crippen LogP contribution in [0.1, 0.15) is 32.6 Å². The monoisotopic (exact) mass is 344 g/mol. The van der Waals surface area contributed by atoms with E-state index in [0.717, 1.165) is 6.42 Å². The second-order valence-corrected chi connectivity index (χ2v) is 6.02. The van der Waals surface area contributed by atoms with Gasteiger partial charge in [-0.05, 0) is 32.1 Å².